The van der Waals surface area contributed by atoms with E-state index in [1.54, 1.807) is 10.9 Å². The van der Waals surface area contributed by atoms with Crippen LogP contribution in [0.15, 0.2) is 85.2 Å². The molecule has 2 heterocycles. The minimum absolute atomic E-state index is 0.221. The number of anilines is 3. The maximum Gasteiger partial charge on any atom is 0.260 e. The highest BCUT2D eigenvalue weighted by Crippen LogP contribution is 2.29. The van der Waals surface area contributed by atoms with Crippen molar-refractivity contribution in [2.75, 3.05) is 17.2 Å². The Labute approximate surface area is 202 Å². The van der Waals surface area contributed by atoms with E-state index in [-0.39, 0.29) is 5.91 Å². The largest absolute Gasteiger partial charge is 0.493 e. The molecule has 1 amide bonds. The summed E-state index contributed by atoms with van der Waals surface area (Å²) in [5.74, 6) is 2.30. The topological polar surface area (TPSA) is 94.0 Å². The number of ether oxygens (including phenoxy) is 1. The van der Waals surface area contributed by atoms with Gasteiger partial charge in [-0.05, 0) is 61.0 Å². The van der Waals surface area contributed by atoms with E-state index in [0.717, 1.165) is 16.5 Å². The number of hydrogen-bond donors (Lipinski definition) is 2. The number of benzene rings is 3. The second-order valence-corrected chi connectivity index (χ2v) is 7.86. The summed E-state index contributed by atoms with van der Waals surface area (Å²) in [5, 5.41) is 12.3. The number of aryl methyl sites for hydroxylation is 1. The third-order valence-electron chi connectivity index (χ3n) is 5.40. The Hall–Kier alpha value is -4.72. The van der Waals surface area contributed by atoms with Crippen molar-refractivity contribution in [3.63, 3.8) is 0 Å². The standard InChI is InChI=1S/C27H24N6O2/c1-3-35-23-14-9-19-7-4-5-8-22(19)26(23)27(34)32-21-12-10-20(11-13-21)31-24-17-25(30-18(2)29-24)33-16-6-15-28-33/h4-17H,3H2,1-2H3,(H,32,34)(H,29,30,31). The van der Waals surface area contributed by atoms with Gasteiger partial charge in [0.2, 0.25) is 0 Å². The summed E-state index contributed by atoms with van der Waals surface area (Å²) in [5.41, 5.74) is 2.02. The number of amides is 1. The van der Waals surface area contributed by atoms with Crippen LogP contribution >= 0.6 is 0 Å². The van der Waals surface area contributed by atoms with Crippen molar-refractivity contribution in [3.8, 4) is 11.6 Å². The molecule has 5 rings (SSSR count). The number of nitrogens with one attached hydrogen (secondary N) is 2. The average molecular weight is 465 g/mol. The molecule has 0 aliphatic rings. The fraction of sp³-hybridized carbons (Fsp3) is 0.111. The van der Waals surface area contributed by atoms with Gasteiger partial charge in [0.1, 0.15) is 17.4 Å². The molecule has 0 fully saturated rings. The zero-order valence-electron chi connectivity index (χ0n) is 19.4. The van der Waals surface area contributed by atoms with Gasteiger partial charge in [-0.25, -0.2) is 14.6 Å². The first kappa shape index (κ1) is 22.1. The van der Waals surface area contributed by atoms with Crippen molar-refractivity contribution in [3.05, 3.63) is 96.6 Å². The normalized spacial score (nSPS) is 10.8. The van der Waals surface area contributed by atoms with Gasteiger partial charge in [-0.15, -0.1) is 0 Å². The van der Waals surface area contributed by atoms with E-state index in [2.05, 4.69) is 25.7 Å². The summed E-state index contributed by atoms with van der Waals surface area (Å²) in [4.78, 5) is 22.1. The lowest BCUT2D eigenvalue weighted by Crippen LogP contribution is -2.14. The van der Waals surface area contributed by atoms with Crippen LogP contribution in [0.3, 0.4) is 0 Å². The molecule has 35 heavy (non-hydrogen) atoms. The molecule has 2 N–H and O–H groups in total. The fourth-order valence-corrected chi connectivity index (χ4v) is 3.88. The molecular weight excluding hydrogens is 440 g/mol. The van der Waals surface area contributed by atoms with Crippen LogP contribution in [0.4, 0.5) is 17.2 Å². The first-order valence-corrected chi connectivity index (χ1v) is 11.3. The highest BCUT2D eigenvalue weighted by atomic mass is 16.5. The monoisotopic (exact) mass is 464 g/mol. The van der Waals surface area contributed by atoms with Crippen LogP contribution in [-0.2, 0) is 0 Å². The Kier molecular flexibility index (Phi) is 6.09. The molecule has 8 nitrogen and oxygen atoms in total. The van der Waals surface area contributed by atoms with Gasteiger partial charge in [0.05, 0.1) is 12.2 Å². The second-order valence-electron chi connectivity index (χ2n) is 7.86. The van der Waals surface area contributed by atoms with Crippen molar-refractivity contribution < 1.29 is 9.53 Å². The molecule has 0 spiro atoms. The number of nitrogens with zero attached hydrogens (tertiary/aromatic N) is 4. The van der Waals surface area contributed by atoms with E-state index in [0.29, 0.717) is 41.1 Å². The van der Waals surface area contributed by atoms with Gasteiger partial charge >= 0.3 is 0 Å². The number of carbonyl (C=O) groups is 1. The quantitative estimate of drug-likeness (QED) is 0.329. The lowest BCUT2D eigenvalue weighted by Gasteiger charge is -2.14. The molecule has 174 valence electrons. The van der Waals surface area contributed by atoms with Crippen molar-refractivity contribution in [1.82, 2.24) is 19.7 Å². The summed E-state index contributed by atoms with van der Waals surface area (Å²) in [6, 6.07) is 22.7. The van der Waals surface area contributed by atoms with Crippen molar-refractivity contribution in [2.24, 2.45) is 0 Å². The molecule has 0 saturated carbocycles. The Morgan fingerprint density at radius 3 is 2.54 bits per heavy atom. The summed E-state index contributed by atoms with van der Waals surface area (Å²) in [7, 11) is 0. The van der Waals surface area contributed by atoms with Crippen LogP contribution in [0.5, 0.6) is 5.75 Å². The van der Waals surface area contributed by atoms with Crippen LogP contribution in [-0.4, -0.2) is 32.3 Å². The van der Waals surface area contributed by atoms with E-state index in [4.69, 9.17) is 4.74 Å². The molecule has 0 radical (unpaired) electrons. The highest BCUT2D eigenvalue weighted by molar-refractivity contribution is 6.15. The van der Waals surface area contributed by atoms with Crippen molar-refractivity contribution >= 4 is 33.9 Å². The van der Waals surface area contributed by atoms with Gasteiger partial charge < -0.3 is 15.4 Å². The summed E-state index contributed by atoms with van der Waals surface area (Å²) in [6.45, 7) is 4.21. The Morgan fingerprint density at radius 1 is 0.971 bits per heavy atom. The molecule has 3 aromatic carbocycles. The van der Waals surface area contributed by atoms with E-state index in [1.807, 2.05) is 92.8 Å². The third kappa shape index (κ3) is 4.81. The zero-order chi connectivity index (χ0) is 24.2. The van der Waals surface area contributed by atoms with Gasteiger partial charge in [0.15, 0.2) is 5.82 Å². The lowest BCUT2D eigenvalue weighted by atomic mass is 10.0. The molecule has 2 aromatic heterocycles. The van der Waals surface area contributed by atoms with Gasteiger partial charge in [0, 0.05) is 29.8 Å². The van der Waals surface area contributed by atoms with Crippen LogP contribution in [0.1, 0.15) is 23.1 Å². The maximum absolute atomic E-state index is 13.3. The minimum atomic E-state index is -0.221. The number of rotatable bonds is 7. The van der Waals surface area contributed by atoms with Crippen LogP contribution in [0.25, 0.3) is 16.6 Å². The highest BCUT2D eigenvalue weighted by Gasteiger charge is 2.17. The third-order valence-corrected chi connectivity index (χ3v) is 5.40. The van der Waals surface area contributed by atoms with Gasteiger partial charge in [-0.1, -0.05) is 30.3 Å². The van der Waals surface area contributed by atoms with Crippen LogP contribution in [0.2, 0.25) is 0 Å². The Bertz CT molecular complexity index is 1480. The SMILES string of the molecule is CCOc1ccc2ccccc2c1C(=O)Nc1ccc(Nc2cc(-n3cccn3)nc(C)n2)cc1. The molecule has 0 aliphatic heterocycles. The first-order valence-electron chi connectivity index (χ1n) is 11.3. The molecular formula is C27H24N6O2. The number of carbonyl (C=O) groups excluding carboxylic acids is 1. The fourth-order valence-electron chi connectivity index (χ4n) is 3.88. The van der Waals surface area contributed by atoms with Crippen LogP contribution < -0.4 is 15.4 Å². The van der Waals surface area contributed by atoms with Crippen LogP contribution in [0, 0.1) is 6.92 Å². The molecule has 0 aliphatic carbocycles. The molecule has 8 heteroatoms. The van der Waals surface area contributed by atoms with E-state index in [1.165, 1.54) is 0 Å². The summed E-state index contributed by atoms with van der Waals surface area (Å²) >= 11 is 0. The van der Waals surface area contributed by atoms with E-state index >= 15 is 0 Å². The summed E-state index contributed by atoms with van der Waals surface area (Å²) in [6.07, 6.45) is 3.53. The summed E-state index contributed by atoms with van der Waals surface area (Å²) < 4.78 is 7.43. The number of aromatic nitrogens is 4. The van der Waals surface area contributed by atoms with Gasteiger partial charge in [-0.2, -0.15) is 5.10 Å². The molecule has 0 bridgehead atoms. The van der Waals surface area contributed by atoms with Gasteiger partial charge in [0.25, 0.3) is 5.91 Å². The van der Waals surface area contributed by atoms with Crippen molar-refractivity contribution in [2.45, 2.75) is 13.8 Å². The molecule has 0 unspecified atom stereocenters. The predicted molar refractivity (Wildman–Crippen MR) is 137 cm³/mol. The van der Waals surface area contributed by atoms with Crippen molar-refractivity contribution in [1.29, 1.82) is 0 Å². The molecule has 0 saturated heterocycles. The smallest absolute Gasteiger partial charge is 0.260 e. The first-order chi connectivity index (χ1) is 17.1. The Balaban J connectivity index is 1.35. The maximum atomic E-state index is 13.3. The van der Waals surface area contributed by atoms with Gasteiger partial charge in [-0.3, -0.25) is 4.79 Å². The second kappa shape index (κ2) is 9.64. The van der Waals surface area contributed by atoms with E-state index < -0.39 is 0 Å². The molecule has 0 atom stereocenters. The Morgan fingerprint density at radius 2 is 1.77 bits per heavy atom. The molecule has 5 aromatic rings. The average Bonchev–Trinajstić information content (AvgIpc) is 3.40. The number of hydrogen-bond acceptors (Lipinski definition) is 6. The lowest BCUT2D eigenvalue weighted by molar-refractivity contribution is 0.102. The minimum Gasteiger partial charge on any atom is -0.493 e. The predicted octanol–water partition coefficient (Wildman–Crippen LogP) is 5.52. The number of fused-ring (bicyclic) bond motifs is 1. The zero-order valence-corrected chi connectivity index (χ0v) is 19.4. The van der Waals surface area contributed by atoms with E-state index in [9.17, 15) is 4.79 Å².